The molecule has 0 aliphatic rings. The molecule has 0 saturated carbocycles. The first-order chi connectivity index (χ1) is 9.47. The van der Waals surface area contributed by atoms with Gasteiger partial charge >= 0.3 is 0 Å². The van der Waals surface area contributed by atoms with E-state index in [2.05, 4.69) is 4.98 Å². The van der Waals surface area contributed by atoms with Gasteiger partial charge in [0.1, 0.15) is 17.2 Å². The average Bonchev–Trinajstić information content (AvgIpc) is 2.72. The number of imidazole rings is 1. The Balaban J connectivity index is 2.27. The molecule has 0 saturated heterocycles. The molecule has 0 amide bonds. The van der Waals surface area contributed by atoms with Crippen LogP contribution >= 0.6 is 0 Å². The number of aryl methyl sites for hydroxylation is 1. The zero-order chi connectivity index (χ0) is 14.4. The molecular weight excluding hydrogens is 267 g/mol. The second-order valence-electron chi connectivity index (χ2n) is 4.53. The lowest BCUT2D eigenvalue weighted by Crippen LogP contribution is -1.96. The summed E-state index contributed by atoms with van der Waals surface area (Å²) in [5.74, 6) is -3.81. The number of nitrogens with zero attached hydrogens (tertiary/aromatic N) is 2. The van der Waals surface area contributed by atoms with Crippen LogP contribution in [0.1, 0.15) is 5.56 Å². The normalized spacial score (nSPS) is 11.2. The number of anilines is 1. The summed E-state index contributed by atoms with van der Waals surface area (Å²) in [5, 5.41) is 0. The third-order valence-electron chi connectivity index (χ3n) is 3.08. The molecule has 20 heavy (non-hydrogen) atoms. The molecule has 0 bridgehead atoms. The fourth-order valence-corrected chi connectivity index (χ4v) is 2.07. The Bertz CT molecular complexity index is 801. The lowest BCUT2D eigenvalue weighted by atomic mass is 10.1. The first-order valence-corrected chi connectivity index (χ1v) is 5.86. The highest BCUT2D eigenvalue weighted by Crippen LogP contribution is 2.29. The van der Waals surface area contributed by atoms with Gasteiger partial charge in [-0.2, -0.15) is 0 Å². The smallest absolute Gasteiger partial charge is 0.194 e. The minimum absolute atomic E-state index is 0.0975. The van der Waals surface area contributed by atoms with Gasteiger partial charge in [-0.15, -0.1) is 0 Å². The molecule has 0 atom stereocenters. The summed E-state index contributed by atoms with van der Waals surface area (Å²) < 4.78 is 41.1. The van der Waals surface area contributed by atoms with Crippen molar-refractivity contribution in [3.8, 4) is 11.3 Å². The molecule has 2 aromatic heterocycles. The number of benzene rings is 1. The molecule has 6 heteroatoms. The number of fused-ring (bicyclic) bond motifs is 1. The van der Waals surface area contributed by atoms with Crippen LogP contribution in [0.5, 0.6) is 0 Å². The summed E-state index contributed by atoms with van der Waals surface area (Å²) in [6, 6.07) is 5.38. The summed E-state index contributed by atoms with van der Waals surface area (Å²) >= 11 is 0. The van der Waals surface area contributed by atoms with Gasteiger partial charge in [-0.25, -0.2) is 18.2 Å². The Kier molecular flexibility index (Phi) is 2.67. The zero-order valence-corrected chi connectivity index (χ0v) is 10.5. The van der Waals surface area contributed by atoms with Crippen molar-refractivity contribution in [3.63, 3.8) is 0 Å². The van der Waals surface area contributed by atoms with Crippen molar-refractivity contribution >= 4 is 11.5 Å². The lowest BCUT2D eigenvalue weighted by molar-refractivity contribution is 0.447. The van der Waals surface area contributed by atoms with E-state index in [4.69, 9.17) is 5.73 Å². The molecule has 2 heterocycles. The first kappa shape index (κ1) is 12.5. The van der Waals surface area contributed by atoms with Crippen molar-refractivity contribution in [2.24, 2.45) is 0 Å². The van der Waals surface area contributed by atoms with Gasteiger partial charge in [0.05, 0.1) is 0 Å². The number of hydrogen-bond acceptors (Lipinski definition) is 2. The van der Waals surface area contributed by atoms with Crippen molar-refractivity contribution in [2.75, 3.05) is 5.73 Å². The molecule has 0 unspecified atom stereocenters. The Hall–Kier alpha value is -2.50. The summed E-state index contributed by atoms with van der Waals surface area (Å²) in [6.07, 6.45) is 1.72. The van der Waals surface area contributed by atoms with E-state index in [1.807, 2.05) is 13.0 Å². The third kappa shape index (κ3) is 1.80. The fourth-order valence-electron chi connectivity index (χ4n) is 2.07. The summed E-state index contributed by atoms with van der Waals surface area (Å²) in [4.78, 5) is 4.24. The van der Waals surface area contributed by atoms with Crippen LogP contribution in [-0.2, 0) is 0 Å². The molecule has 0 aliphatic heterocycles. The van der Waals surface area contributed by atoms with Crippen LogP contribution in [0.25, 0.3) is 16.9 Å². The monoisotopic (exact) mass is 277 g/mol. The van der Waals surface area contributed by atoms with Crippen LogP contribution in [0.2, 0.25) is 0 Å². The fraction of sp³-hybridized carbons (Fsp3) is 0.0714. The van der Waals surface area contributed by atoms with Gasteiger partial charge in [0.25, 0.3) is 0 Å². The van der Waals surface area contributed by atoms with Gasteiger partial charge in [0.2, 0.25) is 0 Å². The number of aromatic nitrogens is 2. The Morgan fingerprint density at radius 1 is 1.10 bits per heavy atom. The number of hydrogen-bond donors (Lipinski definition) is 1. The molecule has 2 N–H and O–H groups in total. The maximum Gasteiger partial charge on any atom is 0.194 e. The average molecular weight is 277 g/mol. The van der Waals surface area contributed by atoms with E-state index in [9.17, 15) is 13.2 Å². The standard InChI is InChI=1S/C14H10F3N3/c1-7-2-3-20-11(4-7)19-13(14(20)18)8-5-9(15)12(17)10(16)6-8/h2-6H,18H2,1H3. The predicted octanol–water partition coefficient (Wildman–Crippen LogP) is 3.31. The van der Waals surface area contributed by atoms with Crippen molar-refractivity contribution in [1.29, 1.82) is 0 Å². The van der Waals surface area contributed by atoms with Crippen molar-refractivity contribution in [3.05, 3.63) is 53.5 Å². The Morgan fingerprint density at radius 3 is 2.40 bits per heavy atom. The molecule has 0 radical (unpaired) electrons. The van der Waals surface area contributed by atoms with Gasteiger partial charge in [0.15, 0.2) is 17.5 Å². The van der Waals surface area contributed by atoms with Crippen molar-refractivity contribution in [2.45, 2.75) is 6.92 Å². The summed E-state index contributed by atoms with van der Waals surface area (Å²) in [6.45, 7) is 1.89. The van der Waals surface area contributed by atoms with Crippen molar-refractivity contribution < 1.29 is 13.2 Å². The van der Waals surface area contributed by atoms with Gasteiger partial charge in [-0.1, -0.05) is 0 Å². The molecule has 0 aliphatic carbocycles. The SMILES string of the molecule is Cc1ccn2c(N)c(-c3cc(F)c(F)c(F)c3)nc2c1. The maximum absolute atomic E-state index is 13.3. The van der Waals surface area contributed by atoms with Gasteiger partial charge in [-0.3, -0.25) is 4.40 Å². The van der Waals surface area contributed by atoms with Crippen LogP contribution < -0.4 is 5.73 Å². The van der Waals surface area contributed by atoms with Gasteiger partial charge in [-0.05, 0) is 36.8 Å². The molecule has 3 aromatic rings. The van der Waals surface area contributed by atoms with E-state index in [0.29, 0.717) is 5.65 Å². The van der Waals surface area contributed by atoms with Crippen LogP contribution in [0.4, 0.5) is 19.0 Å². The topological polar surface area (TPSA) is 43.3 Å². The van der Waals surface area contributed by atoms with E-state index >= 15 is 0 Å². The van der Waals surface area contributed by atoms with E-state index in [0.717, 1.165) is 17.7 Å². The number of nitrogen functional groups attached to an aromatic ring is 1. The second-order valence-corrected chi connectivity index (χ2v) is 4.53. The minimum atomic E-state index is -1.51. The van der Waals surface area contributed by atoms with Crippen LogP contribution in [0.15, 0.2) is 30.5 Å². The van der Waals surface area contributed by atoms with E-state index < -0.39 is 17.5 Å². The lowest BCUT2D eigenvalue weighted by Gasteiger charge is -2.02. The van der Waals surface area contributed by atoms with Crippen LogP contribution in [-0.4, -0.2) is 9.38 Å². The molecule has 3 rings (SSSR count). The molecule has 0 fully saturated rings. The van der Waals surface area contributed by atoms with Gasteiger partial charge < -0.3 is 5.73 Å². The Morgan fingerprint density at radius 2 is 1.75 bits per heavy atom. The summed E-state index contributed by atoms with van der Waals surface area (Å²) in [5.41, 5.74) is 7.77. The number of rotatable bonds is 1. The third-order valence-corrected chi connectivity index (χ3v) is 3.08. The molecule has 0 spiro atoms. The first-order valence-electron chi connectivity index (χ1n) is 5.86. The highest BCUT2D eigenvalue weighted by Gasteiger charge is 2.16. The van der Waals surface area contributed by atoms with Gasteiger partial charge in [0, 0.05) is 11.8 Å². The number of pyridine rings is 1. The number of halogens is 3. The van der Waals surface area contributed by atoms with Crippen LogP contribution in [0.3, 0.4) is 0 Å². The predicted molar refractivity (Wildman–Crippen MR) is 69.7 cm³/mol. The maximum atomic E-state index is 13.3. The Labute approximate surface area is 112 Å². The summed E-state index contributed by atoms with van der Waals surface area (Å²) in [7, 11) is 0. The number of nitrogens with two attached hydrogens (primary N) is 1. The quantitative estimate of drug-likeness (QED) is 0.693. The second kappa shape index (κ2) is 4.26. The van der Waals surface area contributed by atoms with E-state index in [1.54, 1.807) is 16.7 Å². The van der Waals surface area contributed by atoms with Crippen LogP contribution in [0, 0.1) is 24.4 Å². The van der Waals surface area contributed by atoms with Crippen molar-refractivity contribution in [1.82, 2.24) is 9.38 Å². The molecule has 1 aromatic carbocycles. The minimum Gasteiger partial charge on any atom is -0.383 e. The molecular formula is C14H10F3N3. The highest BCUT2D eigenvalue weighted by molar-refractivity contribution is 5.75. The van der Waals surface area contributed by atoms with E-state index in [1.165, 1.54) is 0 Å². The largest absolute Gasteiger partial charge is 0.383 e. The van der Waals surface area contributed by atoms with E-state index in [-0.39, 0.29) is 17.1 Å². The highest BCUT2D eigenvalue weighted by atomic mass is 19.2. The molecule has 102 valence electrons. The zero-order valence-electron chi connectivity index (χ0n) is 10.5. The molecule has 3 nitrogen and oxygen atoms in total.